The van der Waals surface area contributed by atoms with Crippen molar-refractivity contribution in [1.29, 1.82) is 0 Å². The number of aryl methyl sites for hydroxylation is 1. The molecule has 10 nitrogen and oxygen atoms in total. The summed E-state index contributed by atoms with van der Waals surface area (Å²) >= 11 is 0. The largest absolute Gasteiger partial charge is 0.493 e. The summed E-state index contributed by atoms with van der Waals surface area (Å²) in [5.41, 5.74) is 5.82. The highest BCUT2D eigenvalue weighted by Crippen LogP contribution is 2.50. The number of rotatable bonds is 5. The Labute approximate surface area is 223 Å². The minimum atomic E-state index is -0.317. The van der Waals surface area contributed by atoms with Crippen molar-refractivity contribution in [2.24, 2.45) is 0 Å². The summed E-state index contributed by atoms with van der Waals surface area (Å²) in [6.45, 7) is 1.98. The highest BCUT2D eigenvalue weighted by Gasteiger charge is 2.38. The number of hydrogen-bond acceptors (Lipinski definition) is 8. The number of para-hydroxylation sites is 1. The Kier molecular flexibility index (Phi) is 5.25. The Hall–Kier alpha value is -5.25. The topological polar surface area (TPSA) is 101 Å². The second-order valence-corrected chi connectivity index (χ2v) is 9.11. The Morgan fingerprint density at radius 3 is 2.51 bits per heavy atom. The predicted molar refractivity (Wildman–Crippen MR) is 143 cm³/mol. The van der Waals surface area contributed by atoms with E-state index in [4.69, 9.17) is 29.4 Å². The van der Waals surface area contributed by atoms with Gasteiger partial charge in [-0.2, -0.15) is 5.10 Å². The van der Waals surface area contributed by atoms with Gasteiger partial charge in [-0.1, -0.05) is 24.3 Å². The van der Waals surface area contributed by atoms with Gasteiger partial charge in [-0.25, -0.2) is 19.2 Å². The number of aromatic nitrogens is 7. The highest BCUT2D eigenvalue weighted by molar-refractivity contribution is 5.69. The summed E-state index contributed by atoms with van der Waals surface area (Å²) in [4.78, 5) is 13.8. The maximum atomic E-state index is 6.50. The molecular formula is C29H23N7O3. The second-order valence-electron chi connectivity index (χ2n) is 9.11. The van der Waals surface area contributed by atoms with Crippen LogP contribution < -0.4 is 14.2 Å². The second kappa shape index (κ2) is 8.95. The lowest BCUT2D eigenvalue weighted by atomic mass is 9.84. The molecule has 0 saturated heterocycles. The van der Waals surface area contributed by atoms with Crippen molar-refractivity contribution in [2.75, 3.05) is 14.2 Å². The molecule has 0 bridgehead atoms. The normalized spacial score (nSPS) is 14.0. The molecule has 0 amide bonds. The van der Waals surface area contributed by atoms with Crippen LogP contribution in [-0.4, -0.2) is 48.6 Å². The Balaban J connectivity index is 1.50. The highest BCUT2D eigenvalue weighted by atomic mass is 16.5. The zero-order valence-corrected chi connectivity index (χ0v) is 21.4. The summed E-state index contributed by atoms with van der Waals surface area (Å²) in [5, 5.41) is 9.58. The molecular weight excluding hydrogens is 494 g/mol. The molecule has 7 rings (SSSR count). The van der Waals surface area contributed by atoms with Gasteiger partial charge in [0.1, 0.15) is 6.33 Å². The molecule has 192 valence electrons. The zero-order valence-electron chi connectivity index (χ0n) is 21.4. The molecule has 0 radical (unpaired) electrons. The van der Waals surface area contributed by atoms with E-state index < -0.39 is 0 Å². The van der Waals surface area contributed by atoms with E-state index in [1.54, 1.807) is 37.5 Å². The minimum Gasteiger partial charge on any atom is -0.493 e. The lowest BCUT2D eigenvalue weighted by molar-refractivity contribution is 0.354. The number of pyridine rings is 1. The fraction of sp³-hybridized carbons (Fsp3) is 0.138. The summed E-state index contributed by atoms with van der Waals surface area (Å²) in [5.74, 6) is 2.54. The molecule has 2 aromatic carbocycles. The lowest BCUT2D eigenvalue weighted by Crippen LogP contribution is -2.16. The molecule has 0 saturated carbocycles. The molecule has 6 aromatic rings. The van der Waals surface area contributed by atoms with E-state index >= 15 is 0 Å². The van der Waals surface area contributed by atoms with Crippen LogP contribution in [0.4, 0.5) is 0 Å². The van der Waals surface area contributed by atoms with E-state index in [-0.39, 0.29) is 5.92 Å². The summed E-state index contributed by atoms with van der Waals surface area (Å²) in [6.07, 6.45) is 5.08. The first-order valence-corrected chi connectivity index (χ1v) is 12.4. The fourth-order valence-corrected chi connectivity index (χ4v) is 5.11. The molecule has 5 heterocycles. The van der Waals surface area contributed by atoms with Gasteiger partial charge in [0.15, 0.2) is 23.0 Å². The molecule has 10 heteroatoms. The number of methoxy groups -OCH3 is 2. The monoisotopic (exact) mass is 517 g/mol. The molecule has 0 unspecified atom stereocenters. The van der Waals surface area contributed by atoms with Crippen molar-refractivity contribution < 1.29 is 14.2 Å². The first-order valence-electron chi connectivity index (χ1n) is 12.4. The molecule has 0 N–H and O–H groups in total. The third-order valence-corrected chi connectivity index (χ3v) is 6.88. The van der Waals surface area contributed by atoms with E-state index in [0.29, 0.717) is 34.7 Å². The summed E-state index contributed by atoms with van der Waals surface area (Å²) in [7, 11) is 3.25. The van der Waals surface area contributed by atoms with Crippen molar-refractivity contribution in [3.8, 4) is 40.3 Å². The van der Waals surface area contributed by atoms with Crippen LogP contribution in [0.1, 0.15) is 28.3 Å². The van der Waals surface area contributed by atoms with Crippen LogP contribution in [0, 0.1) is 6.92 Å². The molecule has 4 aromatic heterocycles. The van der Waals surface area contributed by atoms with Crippen molar-refractivity contribution in [3.63, 3.8) is 0 Å². The van der Waals surface area contributed by atoms with Crippen LogP contribution in [0.5, 0.6) is 23.3 Å². The van der Waals surface area contributed by atoms with Crippen molar-refractivity contribution in [2.45, 2.75) is 12.8 Å². The third-order valence-electron chi connectivity index (χ3n) is 6.88. The van der Waals surface area contributed by atoms with Crippen LogP contribution in [0.2, 0.25) is 0 Å². The van der Waals surface area contributed by atoms with Gasteiger partial charge in [0.25, 0.3) is 0 Å². The van der Waals surface area contributed by atoms with Crippen molar-refractivity contribution in [1.82, 2.24) is 34.3 Å². The van der Waals surface area contributed by atoms with Gasteiger partial charge >= 0.3 is 0 Å². The van der Waals surface area contributed by atoms with Crippen LogP contribution in [0.25, 0.3) is 22.7 Å². The van der Waals surface area contributed by atoms with Gasteiger partial charge in [-0.05, 0) is 48.9 Å². The number of benzene rings is 2. The SMILES string of the molecule is COc1ccc([C@@H]2c3c(C)nn(-c4ccccc4)c3Oc3ncn4nc(-c5cccnc5)nc4c32)cc1OC. The number of nitrogens with zero attached hydrogens (tertiary/aromatic N) is 7. The smallest absolute Gasteiger partial charge is 0.230 e. The van der Waals surface area contributed by atoms with E-state index in [1.165, 1.54) is 0 Å². The van der Waals surface area contributed by atoms with Gasteiger partial charge in [0.05, 0.1) is 42.6 Å². The molecule has 0 fully saturated rings. The Bertz CT molecular complexity index is 1830. The van der Waals surface area contributed by atoms with Gasteiger partial charge in [-0.15, -0.1) is 5.10 Å². The van der Waals surface area contributed by atoms with E-state index in [2.05, 4.69) is 9.97 Å². The maximum absolute atomic E-state index is 6.50. The van der Waals surface area contributed by atoms with Crippen LogP contribution in [0.15, 0.2) is 79.4 Å². The van der Waals surface area contributed by atoms with Crippen LogP contribution in [0.3, 0.4) is 0 Å². The van der Waals surface area contributed by atoms with Crippen LogP contribution in [-0.2, 0) is 0 Å². The third kappa shape index (κ3) is 3.60. The lowest BCUT2D eigenvalue weighted by Gasteiger charge is -2.26. The van der Waals surface area contributed by atoms with Gasteiger partial charge in [0, 0.05) is 18.0 Å². The molecule has 0 aliphatic carbocycles. The standard InChI is InChI=1S/C29H23N7O3/c1-17-23-24(18-11-12-21(37-2)22(14-18)38-3)25-27-32-26(19-8-7-13-30-15-19)34-35(27)16-31-28(25)39-29(23)36(33-17)20-9-5-4-6-10-20/h4-16,24H,1-3H3/t24-/m1/s1. The van der Waals surface area contributed by atoms with Crippen LogP contribution >= 0.6 is 0 Å². The Morgan fingerprint density at radius 2 is 1.74 bits per heavy atom. The van der Waals surface area contributed by atoms with Gasteiger partial charge < -0.3 is 14.2 Å². The zero-order chi connectivity index (χ0) is 26.5. The van der Waals surface area contributed by atoms with Gasteiger partial charge in [-0.3, -0.25) is 4.98 Å². The quantitative estimate of drug-likeness (QED) is 0.315. The van der Waals surface area contributed by atoms with E-state index in [0.717, 1.165) is 33.6 Å². The fourth-order valence-electron chi connectivity index (χ4n) is 5.11. The Morgan fingerprint density at radius 1 is 0.897 bits per heavy atom. The van der Waals surface area contributed by atoms with Crippen molar-refractivity contribution >= 4 is 5.65 Å². The molecule has 1 aliphatic heterocycles. The van der Waals surface area contributed by atoms with E-state index in [1.807, 2.05) is 72.3 Å². The average Bonchev–Trinajstić information content (AvgIpc) is 3.58. The summed E-state index contributed by atoms with van der Waals surface area (Å²) < 4.78 is 21.2. The predicted octanol–water partition coefficient (Wildman–Crippen LogP) is 4.98. The molecule has 39 heavy (non-hydrogen) atoms. The van der Waals surface area contributed by atoms with Crippen molar-refractivity contribution in [3.05, 3.63) is 102 Å². The maximum Gasteiger partial charge on any atom is 0.230 e. The van der Waals surface area contributed by atoms with E-state index in [9.17, 15) is 0 Å². The first kappa shape index (κ1) is 22.9. The number of ether oxygens (including phenoxy) is 3. The number of hydrogen-bond donors (Lipinski definition) is 0. The molecule has 1 atom stereocenters. The minimum absolute atomic E-state index is 0.317. The van der Waals surface area contributed by atoms with Gasteiger partial charge in [0.2, 0.25) is 11.8 Å². The number of fused-ring (bicyclic) bond motifs is 4. The summed E-state index contributed by atoms with van der Waals surface area (Å²) in [6, 6.07) is 19.6. The molecule has 0 spiro atoms. The first-order chi connectivity index (χ1) is 19.2. The molecule has 1 aliphatic rings. The average molecular weight is 518 g/mol.